The Bertz CT molecular complexity index is 472. The van der Waals surface area contributed by atoms with E-state index < -0.39 is 0 Å². The SMILES string of the molecule is NC(=NCCC(=O)NCc1ccccc1)N1CCSCC1. The van der Waals surface area contributed by atoms with Crippen molar-refractivity contribution in [3.8, 4) is 0 Å². The van der Waals surface area contributed by atoms with Gasteiger partial charge in [0.05, 0.1) is 6.54 Å². The lowest BCUT2D eigenvalue weighted by Gasteiger charge is -2.27. The zero-order chi connectivity index (χ0) is 14.9. The van der Waals surface area contributed by atoms with E-state index in [-0.39, 0.29) is 5.91 Å². The summed E-state index contributed by atoms with van der Waals surface area (Å²) in [5.74, 6) is 2.75. The van der Waals surface area contributed by atoms with Gasteiger partial charge < -0.3 is 16.0 Å². The number of nitrogens with zero attached hydrogens (tertiary/aromatic N) is 2. The van der Waals surface area contributed by atoms with E-state index in [1.54, 1.807) is 0 Å². The van der Waals surface area contributed by atoms with Crippen molar-refractivity contribution in [3.63, 3.8) is 0 Å². The zero-order valence-corrected chi connectivity index (χ0v) is 12.9. The lowest BCUT2D eigenvalue weighted by atomic mass is 10.2. The molecule has 1 saturated heterocycles. The Kier molecular flexibility index (Phi) is 6.40. The molecule has 114 valence electrons. The third-order valence-corrected chi connectivity index (χ3v) is 4.22. The van der Waals surface area contributed by atoms with E-state index in [1.165, 1.54) is 0 Å². The maximum Gasteiger partial charge on any atom is 0.222 e. The lowest BCUT2D eigenvalue weighted by molar-refractivity contribution is -0.121. The van der Waals surface area contributed by atoms with E-state index in [0.29, 0.717) is 25.5 Å². The van der Waals surface area contributed by atoms with E-state index in [4.69, 9.17) is 5.73 Å². The molecule has 1 amide bonds. The van der Waals surface area contributed by atoms with Crippen LogP contribution in [-0.4, -0.2) is 47.9 Å². The molecule has 21 heavy (non-hydrogen) atoms. The van der Waals surface area contributed by atoms with Crippen molar-refractivity contribution in [2.45, 2.75) is 13.0 Å². The molecule has 0 bridgehead atoms. The second kappa shape index (κ2) is 8.56. The molecule has 1 fully saturated rings. The van der Waals surface area contributed by atoms with Crippen molar-refractivity contribution in [1.29, 1.82) is 0 Å². The fraction of sp³-hybridized carbons (Fsp3) is 0.467. The van der Waals surface area contributed by atoms with Gasteiger partial charge in [0.25, 0.3) is 0 Å². The molecule has 6 heteroatoms. The van der Waals surface area contributed by atoms with E-state index in [9.17, 15) is 4.79 Å². The van der Waals surface area contributed by atoms with Crippen LogP contribution in [0.1, 0.15) is 12.0 Å². The van der Waals surface area contributed by atoms with Gasteiger partial charge in [-0.1, -0.05) is 30.3 Å². The maximum atomic E-state index is 11.7. The Morgan fingerprint density at radius 1 is 1.29 bits per heavy atom. The van der Waals surface area contributed by atoms with Gasteiger partial charge >= 0.3 is 0 Å². The van der Waals surface area contributed by atoms with Crippen LogP contribution in [0, 0.1) is 0 Å². The topological polar surface area (TPSA) is 70.7 Å². The highest BCUT2D eigenvalue weighted by atomic mass is 32.2. The highest BCUT2D eigenvalue weighted by Crippen LogP contribution is 2.08. The summed E-state index contributed by atoms with van der Waals surface area (Å²) in [6, 6.07) is 9.87. The standard InChI is InChI=1S/C15H22N4OS/c16-15(19-8-10-21-11-9-19)17-7-6-14(20)18-12-13-4-2-1-3-5-13/h1-5H,6-12H2,(H2,16,17)(H,18,20). The summed E-state index contributed by atoms with van der Waals surface area (Å²) in [5.41, 5.74) is 7.03. The number of guanidine groups is 1. The molecular weight excluding hydrogens is 284 g/mol. The first-order chi connectivity index (χ1) is 10.3. The predicted octanol–water partition coefficient (Wildman–Crippen LogP) is 1.06. The summed E-state index contributed by atoms with van der Waals surface area (Å²) in [6.45, 7) is 2.89. The number of benzene rings is 1. The van der Waals surface area contributed by atoms with Gasteiger partial charge in [-0.05, 0) is 5.56 Å². The molecule has 1 aliphatic rings. The number of carbonyl (C=O) groups excluding carboxylic acids is 1. The predicted molar refractivity (Wildman–Crippen MR) is 88.3 cm³/mol. The maximum absolute atomic E-state index is 11.7. The minimum absolute atomic E-state index is 0.00426. The van der Waals surface area contributed by atoms with Gasteiger partial charge in [0.1, 0.15) is 0 Å². The smallest absolute Gasteiger partial charge is 0.222 e. The first kappa shape index (κ1) is 15.7. The molecule has 0 radical (unpaired) electrons. The third kappa shape index (κ3) is 5.67. The van der Waals surface area contributed by atoms with Crippen LogP contribution in [0.5, 0.6) is 0 Å². The van der Waals surface area contributed by atoms with Crippen LogP contribution in [-0.2, 0) is 11.3 Å². The van der Waals surface area contributed by atoms with Crippen LogP contribution in [0.2, 0.25) is 0 Å². The van der Waals surface area contributed by atoms with Crippen molar-refractivity contribution in [2.24, 2.45) is 10.7 Å². The first-order valence-electron chi connectivity index (χ1n) is 7.19. The number of hydrogen-bond acceptors (Lipinski definition) is 3. The quantitative estimate of drug-likeness (QED) is 0.630. The van der Waals surface area contributed by atoms with E-state index in [2.05, 4.69) is 15.2 Å². The molecule has 2 rings (SSSR count). The molecule has 0 atom stereocenters. The summed E-state index contributed by atoms with van der Waals surface area (Å²) in [6.07, 6.45) is 0.371. The Labute approximate surface area is 130 Å². The second-order valence-electron chi connectivity index (χ2n) is 4.85. The van der Waals surface area contributed by atoms with Crippen molar-refractivity contribution < 1.29 is 4.79 Å². The van der Waals surface area contributed by atoms with Crippen LogP contribution < -0.4 is 11.1 Å². The highest BCUT2D eigenvalue weighted by molar-refractivity contribution is 7.99. The van der Waals surface area contributed by atoms with E-state index >= 15 is 0 Å². The van der Waals surface area contributed by atoms with Crippen molar-refractivity contribution >= 4 is 23.6 Å². The van der Waals surface area contributed by atoms with E-state index in [1.807, 2.05) is 42.1 Å². The number of amides is 1. The van der Waals surface area contributed by atoms with Gasteiger partial charge in [0, 0.05) is 37.6 Å². The number of nitrogens with one attached hydrogen (secondary N) is 1. The lowest BCUT2D eigenvalue weighted by Crippen LogP contribution is -2.42. The average Bonchev–Trinajstić information content (AvgIpc) is 2.54. The second-order valence-corrected chi connectivity index (χ2v) is 6.08. The van der Waals surface area contributed by atoms with Crippen LogP contribution in [0.3, 0.4) is 0 Å². The molecule has 5 nitrogen and oxygen atoms in total. The number of rotatable bonds is 5. The molecule has 1 aliphatic heterocycles. The molecular formula is C15H22N4OS. The molecule has 1 heterocycles. The molecule has 0 aromatic heterocycles. The highest BCUT2D eigenvalue weighted by Gasteiger charge is 2.11. The van der Waals surface area contributed by atoms with Gasteiger partial charge in [0.2, 0.25) is 5.91 Å². The third-order valence-electron chi connectivity index (χ3n) is 3.28. The number of carbonyl (C=O) groups is 1. The normalized spacial score (nSPS) is 15.8. The minimum atomic E-state index is 0.00426. The van der Waals surface area contributed by atoms with Crippen molar-refractivity contribution in [3.05, 3.63) is 35.9 Å². The molecule has 0 unspecified atom stereocenters. The van der Waals surface area contributed by atoms with Crippen LogP contribution in [0.15, 0.2) is 35.3 Å². The van der Waals surface area contributed by atoms with Gasteiger partial charge in [-0.15, -0.1) is 0 Å². The number of nitrogens with two attached hydrogens (primary N) is 1. The summed E-state index contributed by atoms with van der Waals surface area (Å²) in [7, 11) is 0. The van der Waals surface area contributed by atoms with Crippen LogP contribution in [0.25, 0.3) is 0 Å². The minimum Gasteiger partial charge on any atom is -0.370 e. The zero-order valence-electron chi connectivity index (χ0n) is 12.1. The monoisotopic (exact) mass is 306 g/mol. The Balaban J connectivity index is 1.66. The Morgan fingerprint density at radius 2 is 2.00 bits per heavy atom. The molecule has 1 aromatic carbocycles. The van der Waals surface area contributed by atoms with Gasteiger partial charge in [-0.2, -0.15) is 11.8 Å². The molecule has 0 spiro atoms. The number of thioether (sulfide) groups is 1. The first-order valence-corrected chi connectivity index (χ1v) is 8.34. The molecule has 3 N–H and O–H groups in total. The summed E-state index contributed by atoms with van der Waals surface area (Å²) in [4.78, 5) is 18.1. The summed E-state index contributed by atoms with van der Waals surface area (Å²) < 4.78 is 0. The Hall–Kier alpha value is -1.69. The fourth-order valence-corrected chi connectivity index (χ4v) is 2.95. The molecule has 1 aromatic rings. The summed E-state index contributed by atoms with van der Waals surface area (Å²) >= 11 is 1.93. The average molecular weight is 306 g/mol. The van der Waals surface area contributed by atoms with Crippen molar-refractivity contribution in [1.82, 2.24) is 10.2 Å². The van der Waals surface area contributed by atoms with Crippen molar-refractivity contribution in [2.75, 3.05) is 31.1 Å². The Morgan fingerprint density at radius 3 is 2.71 bits per heavy atom. The number of aliphatic imine (C=N–C) groups is 1. The van der Waals surface area contributed by atoms with Crippen LogP contribution >= 0.6 is 11.8 Å². The molecule has 0 saturated carbocycles. The van der Waals surface area contributed by atoms with Gasteiger partial charge in [0.15, 0.2) is 5.96 Å². The van der Waals surface area contributed by atoms with E-state index in [0.717, 1.165) is 30.2 Å². The number of hydrogen-bond donors (Lipinski definition) is 2. The summed E-state index contributed by atoms with van der Waals surface area (Å²) in [5, 5.41) is 2.89. The molecule has 0 aliphatic carbocycles. The van der Waals surface area contributed by atoms with Crippen LogP contribution in [0.4, 0.5) is 0 Å². The van der Waals surface area contributed by atoms with Gasteiger partial charge in [-0.3, -0.25) is 9.79 Å². The fourth-order valence-electron chi connectivity index (χ4n) is 2.05. The van der Waals surface area contributed by atoms with Gasteiger partial charge in [-0.25, -0.2) is 0 Å². The largest absolute Gasteiger partial charge is 0.370 e.